The van der Waals surface area contributed by atoms with Crippen molar-refractivity contribution in [2.75, 3.05) is 13.1 Å². The first-order chi connectivity index (χ1) is 8.77. The van der Waals surface area contributed by atoms with Gasteiger partial charge in [0.15, 0.2) is 0 Å². The summed E-state index contributed by atoms with van der Waals surface area (Å²) in [5.74, 6) is 0.256. The van der Waals surface area contributed by atoms with Gasteiger partial charge in [0.05, 0.1) is 5.54 Å². The van der Waals surface area contributed by atoms with Crippen LogP contribution in [0.1, 0.15) is 46.5 Å². The molecule has 0 saturated carbocycles. The average Bonchev–Trinajstić information content (AvgIpc) is 2.35. The van der Waals surface area contributed by atoms with Crippen LogP contribution < -0.4 is 10.5 Å². The Balaban J connectivity index is 2.91. The van der Waals surface area contributed by atoms with Gasteiger partial charge in [0, 0.05) is 13.1 Å². The first-order valence-corrected chi connectivity index (χ1v) is 8.35. The summed E-state index contributed by atoms with van der Waals surface area (Å²) in [6, 6.07) is 0. The lowest BCUT2D eigenvalue weighted by atomic mass is 9.93. The van der Waals surface area contributed by atoms with E-state index in [0.29, 0.717) is 31.8 Å². The second-order valence-electron chi connectivity index (χ2n) is 5.42. The molecule has 1 rings (SSSR count). The number of nitrogens with one attached hydrogen (secondary N) is 2. The van der Waals surface area contributed by atoms with Crippen molar-refractivity contribution in [3.05, 3.63) is 0 Å². The van der Waals surface area contributed by atoms with E-state index in [0.717, 1.165) is 12.8 Å². The molecule has 1 unspecified atom stereocenters. The molecular formula is C12H26N4O2S. The second-order valence-corrected chi connectivity index (χ2v) is 7.09. The highest BCUT2D eigenvalue weighted by Gasteiger charge is 2.38. The molecule has 7 heteroatoms. The van der Waals surface area contributed by atoms with E-state index < -0.39 is 15.7 Å². The summed E-state index contributed by atoms with van der Waals surface area (Å²) < 4.78 is 29.0. The molecule has 4 N–H and O–H groups in total. The summed E-state index contributed by atoms with van der Waals surface area (Å²) in [5, 5.41) is 7.67. The van der Waals surface area contributed by atoms with Crippen LogP contribution in [0.2, 0.25) is 0 Å². The van der Waals surface area contributed by atoms with Crippen molar-refractivity contribution < 1.29 is 8.42 Å². The van der Waals surface area contributed by atoms with Gasteiger partial charge in [-0.25, -0.2) is 0 Å². The fourth-order valence-corrected chi connectivity index (χ4v) is 4.35. The van der Waals surface area contributed by atoms with E-state index in [1.807, 2.05) is 13.8 Å². The summed E-state index contributed by atoms with van der Waals surface area (Å²) in [4.78, 5) is 0. The van der Waals surface area contributed by atoms with Crippen molar-refractivity contribution in [2.45, 2.75) is 52.0 Å². The third kappa shape index (κ3) is 3.67. The van der Waals surface area contributed by atoms with Crippen LogP contribution in [0, 0.1) is 11.3 Å². The van der Waals surface area contributed by atoms with Gasteiger partial charge in [0.1, 0.15) is 5.84 Å². The Hall–Kier alpha value is -0.660. The minimum atomic E-state index is -3.58. The summed E-state index contributed by atoms with van der Waals surface area (Å²) in [6.45, 7) is 6.82. The van der Waals surface area contributed by atoms with E-state index in [1.165, 1.54) is 4.31 Å². The standard InChI is InChI=1S/C12H26N4O2S/c1-4-12(5-2,11(13)14)15-19(17,18)16-8-6-7-10(3)9-16/h10,15H,4-9H2,1-3H3,(H3,13,14). The monoisotopic (exact) mass is 290 g/mol. The fourth-order valence-electron chi connectivity index (χ4n) is 2.51. The first kappa shape index (κ1) is 16.4. The summed E-state index contributed by atoms with van der Waals surface area (Å²) in [6.07, 6.45) is 2.89. The molecule has 0 aliphatic carbocycles. The Morgan fingerprint density at radius 1 is 1.47 bits per heavy atom. The van der Waals surface area contributed by atoms with Gasteiger partial charge in [-0.05, 0) is 31.6 Å². The molecule has 0 aromatic carbocycles. The normalized spacial score (nSPS) is 22.4. The maximum Gasteiger partial charge on any atom is 0.280 e. The van der Waals surface area contributed by atoms with Crippen LogP contribution in [0.4, 0.5) is 0 Å². The number of rotatable bonds is 6. The predicted octanol–water partition coefficient (Wildman–Crippen LogP) is 1.05. The quantitative estimate of drug-likeness (QED) is 0.503. The maximum atomic E-state index is 12.4. The van der Waals surface area contributed by atoms with E-state index in [1.54, 1.807) is 0 Å². The smallest absolute Gasteiger partial charge is 0.280 e. The van der Waals surface area contributed by atoms with Crippen molar-refractivity contribution in [2.24, 2.45) is 11.7 Å². The molecular weight excluding hydrogens is 264 g/mol. The molecule has 6 nitrogen and oxygen atoms in total. The topological polar surface area (TPSA) is 99.3 Å². The van der Waals surface area contributed by atoms with Crippen LogP contribution in [0.5, 0.6) is 0 Å². The molecule has 0 bridgehead atoms. The van der Waals surface area contributed by atoms with Crippen molar-refractivity contribution in [3.63, 3.8) is 0 Å². The molecule has 1 fully saturated rings. The summed E-state index contributed by atoms with van der Waals surface area (Å²) in [7, 11) is -3.58. The minimum Gasteiger partial charge on any atom is -0.386 e. The fraction of sp³-hybridized carbons (Fsp3) is 0.917. The molecule has 0 aromatic heterocycles. The van der Waals surface area contributed by atoms with Gasteiger partial charge in [-0.1, -0.05) is 20.8 Å². The number of piperidine rings is 1. The lowest BCUT2D eigenvalue weighted by molar-refractivity contribution is 0.273. The zero-order chi connectivity index (χ0) is 14.7. The van der Waals surface area contributed by atoms with Crippen LogP contribution >= 0.6 is 0 Å². The number of nitrogens with two attached hydrogens (primary N) is 1. The second kappa shape index (κ2) is 6.19. The van der Waals surface area contributed by atoms with Gasteiger partial charge in [0.2, 0.25) is 0 Å². The van der Waals surface area contributed by atoms with Crippen LogP contribution in [-0.2, 0) is 10.2 Å². The number of amidine groups is 1. The third-order valence-electron chi connectivity index (χ3n) is 4.01. The summed E-state index contributed by atoms with van der Waals surface area (Å²) >= 11 is 0. The van der Waals surface area contributed by atoms with Gasteiger partial charge < -0.3 is 5.73 Å². The Morgan fingerprint density at radius 3 is 2.47 bits per heavy atom. The Morgan fingerprint density at radius 2 is 2.05 bits per heavy atom. The molecule has 0 spiro atoms. The van der Waals surface area contributed by atoms with E-state index in [2.05, 4.69) is 11.6 Å². The molecule has 112 valence electrons. The molecule has 1 heterocycles. The van der Waals surface area contributed by atoms with Crippen LogP contribution in [0.3, 0.4) is 0 Å². The lowest BCUT2D eigenvalue weighted by Gasteiger charge is -2.36. The van der Waals surface area contributed by atoms with Gasteiger partial charge >= 0.3 is 0 Å². The van der Waals surface area contributed by atoms with Gasteiger partial charge in [-0.15, -0.1) is 0 Å². The first-order valence-electron chi connectivity index (χ1n) is 6.91. The van der Waals surface area contributed by atoms with Gasteiger partial charge in [-0.3, -0.25) is 5.41 Å². The zero-order valence-electron chi connectivity index (χ0n) is 12.1. The third-order valence-corrected chi connectivity index (χ3v) is 5.67. The van der Waals surface area contributed by atoms with Crippen molar-refractivity contribution >= 4 is 16.0 Å². The molecule has 1 saturated heterocycles. The highest BCUT2D eigenvalue weighted by Crippen LogP contribution is 2.21. The van der Waals surface area contributed by atoms with Gasteiger partial charge in [0.25, 0.3) is 10.2 Å². The SMILES string of the molecule is CCC(CC)(NS(=O)(=O)N1CCCC(C)C1)C(=N)N. The molecule has 0 aromatic rings. The van der Waals surface area contributed by atoms with Crippen LogP contribution in [0.15, 0.2) is 0 Å². The molecule has 0 radical (unpaired) electrons. The Kier molecular flexibility index (Phi) is 5.34. The van der Waals surface area contributed by atoms with Crippen LogP contribution in [-0.4, -0.2) is 37.2 Å². The van der Waals surface area contributed by atoms with Gasteiger partial charge in [-0.2, -0.15) is 17.4 Å². The zero-order valence-corrected chi connectivity index (χ0v) is 12.9. The number of hydrogen-bond donors (Lipinski definition) is 3. The lowest BCUT2D eigenvalue weighted by Crippen LogP contribution is -2.60. The van der Waals surface area contributed by atoms with Crippen LogP contribution in [0.25, 0.3) is 0 Å². The highest BCUT2D eigenvalue weighted by molar-refractivity contribution is 7.87. The van der Waals surface area contributed by atoms with E-state index in [9.17, 15) is 8.42 Å². The molecule has 19 heavy (non-hydrogen) atoms. The van der Waals surface area contributed by atoms with Crippen molar-refractivity contribution in [1.82, 2.24) is 9.03 Å². The van der Waals surface area contributed by atoms with E-state index >= 15 is 0 Å². The Labute approximate surface area is 116 Å². The minimum absolute atomic E-state index is 0.119. The molecule has 1 aliphatic heterocycles. The average molecular weight is 290 g/mol. The van der Waals surface area contributed by atoms with Crippen molar-refractivity contribution in [3.8, 4) is 0 Å². The highest BCUT2D eigenvalue weighted by atomic mass is 32.2. The number of nitrogens with zero attached hydrogens (tertiary/aromatic N) is 1. The largest absolute Gasteiger partial charge is 0.386 e. The number of hydrogen-bond acceptors (Lipinski definition) is 3. The van der Waals surface area contributed by atoms with E-state index in [4.69, 9.17) is 11.1 Å². The summed E-state index contributed by atoms with van der Waals surface area (Å²) in [5.41, 5.74) is 4.64. The maximum absolute atomic E-state index is 12.4. The van der Waals surface area contributed by atoms with E-state index in [-0.39, 0.29) is 5.84 Å². The molecule has 1 atom stereocenters. The Bertz CT molecular complexity index is 417. The molecule has 0 amide bonds. The molecule has 1 aliphatic rings. The predicted molar refractivity (Wildman–Crippen MR) is 77.3 cm³/mol. The van der Waals surface area contributed by atoms with Crippen molar-refractivity contribution in [1.29, 1.82) is 5.41 Å².